The second-order valence-electron chi connectivity index (χ2n) is 4.47. The van der Waals surface area contributed by atoms with Crippen LogP contribution in [0.2, 0.25) is 0 Å². The van der Waals surface area contributed by atoms with E-state index in [1.54, 1.807) is 0 Å². The van der Waals surface area contributed by atoms with Crippen LogP contribution >= 0.6 is 0 Å². The average molecular weight is 263 g/mol. The van der Waals surface area contributed by atoms with Crippen molar-refractivity contribution in [3.63, 3.8) is 0 Å². The molecule has 0 bridgehead atoms. The van der Waals surface area contributed by atoms with Gasteiger partial charge in [-0.3, -0.25) is 0 Å². The smallest absolute Gasteiger partial charge is 0.124 e. The highest BCUT2D eigenvalue weighted by Crippen LogP contribution is 2.23. The van der Waals surface area contributed by atoms with Gasteiger partial charge in [-0.15, -0.1) is 0 Å². The molecule has 0 amide bonds. The quantitative estimate of drug-likeness (QED) is 0.773. The first kappa shape index (κ1) is 13.9. The van der Waals surface area contributed by atoms with Crippen LogP contribution in [0.3, 0.4) is 0 Å². The van der Waals surface area contributed by atoms with Gasteiger partial charge < -0.3 is 19.9 Å². The number of nitrogens with one attached hydrogen (secondary N) is 1. The molecule has 4 heteroatoms. The standard InChI is InChI=1S/C15H21NO3/c1-2-19-15-6-5-14(8-13(15)10-17)16-9-12-4-3-7-18-11-12/h4-6,8,16-17H,2-3,7,9-11H2,1H3. The Bertz CT molecular complexity index is 443. The Morgan fingerprint density at radius 3 is 3.00 bits per heavy atom. The summed E-state index contributed by atoms with van der Waals surface area (Å²) in [6.45, 7) is 4.82. The fourth-order valence-electron chi connectivity index (χ4n) is 2.06. The minimum atomic E-state index is -0.0172. The van der Waals surface area contributed by atoms with E-state index in [2.05, 4.69) is 11.4 Å². The molecule has 0 unspecified atom stereocenters. The molecule has 1 aromatic carbocycles. The van der Waals surface area contributed by atoms with E-state index >= 15 is 0 Å². The van der Waals surface area contributed by atoms with Gasteiger partial charge in [0, 0.05) is 17.8 Å². The van der Waals surface area contributed by atoms with Crippen LogP contribution in [0.4, 0.5) is 5.69 Å². The number of rotatable bonds is 6. The first-order valence-electron chi connectivity index (χ1n) is 6.69. The molecular weight excluding hydrogens is 242 g/mol. The maximum Gasteiger partial charge on any atom is 0.124 e. The summed E-state index contributed by atoms with van der Waals surface area (Å²) in [7, 11) is 0. The number of anilines is 1. The molecule has 1 aliphatic heterocycles. The molecule has 0 saturated heterocycles. The molecule has 0 aliphatic carbocycles. The summed E-state index contributed by atoms with van der Waals surface area (Å²) in [5.74, 6) is 0.746. The molecular formula is C15H21NO3. The first-order chi connectivity index (χ1) is 9.33. The van der Waals surface area contributed by atoms with E-state index in [1.807, 2.05) is 25.1 Å². The van der Waals surface area contributed by atoms with Crippen LogP contribution in [0.1, 0.15) is 18.9 Å². The molecule has 0 spiro atoms. The molecule has 2 rings (SSSR count). The molecule has 0 radical (unpaired) electrons. The number of aliphatic hydroxyl groups excluding tert-OH is 1. The lowest BCUT2D eigenvalue weighted by atomic mass is 10.1. The van der Waals surface area contributed by atoms with E-state index in [9.17, 15) is 5.11 Å². The lowest BCUT2D eigenvalue weighted by Crippen LogP contribution is -2.14. The molecule has 0 fully saturated rings. The van der Waals surface area contributed by atoms with Crippen molar-refractivity contribution in [3.8, 4) is 5.75 Å². The first-order valence-corrected chi connectivity index (χ1v) is 6.69. The molecule has 4 nitrogen and oxygen atoms in total. The summed E-state index contributed by atoms with van der Waals surface area (Å²) >= 11 is 0. The van der Waals surface area contributed by atoms with Gasteiger partial charge in [0.15, 0.2) is 0 Å². The van der Waals surface area contributed by atoms with Crippen molar-refractivity contribution in [1.82, 2.24) is 0 Å². The van der Waals surface area contributed by atoms with Crippen molar-refractivity contribution < 1.29 is 14.6 Å². The summed E-state index contributed by atoms with van der Waals surface area (Å²) < 4.78 is 10.9. The van der Waals surface area contributed by atoms with Crippen molar-refractivity contribution >= 4 is 5.69 Å². The molecule has 1 aromatic rings. The Morgan fingerprint density at radius 1 is 1.42 bits per heavy atom. The molecule has 19 heavy (non-hydrogen) atoms. The minimum Gasteiger partial charge on any atom is -0.494 e. The van der Waals surface area contributed by atoms with Gasteiger partial charge in [0.1, 0.15) is 5.75 Å². The highest BCUT2D eigenvalue weighted by Gasteiger charge is 2.06. The van der Waals surface area contributed by atoms with E-state index in [4.69, 9.17) is 9.47 Å². The Hall–Kier alpha value is -1.52. The molecule has 104 valence electrons. The van der Waals surface area contributed by atoms with E-state index in [0.29, 0.717) is 13.2 Å². The largest absolute Gasteiger partial charge is 0.494 e. The van der Waals surface area contributed by atoms with Gasteiger partial charge in [-0.25, -0.2) is 0 Å². The van der Waals surface area contributed by atoms with E-state index in [-0.39, 0.29) is 6.61 Å². The van der Waals surface area contributed by atoms with Crippen molar-refractivity contribution in [2.75, 3.05) is 31.7 Å². The van der Waals surface area contributed by atoms with Crippen molar-refractivity contribution in [3.05, 3.63) is 35.4 Å². The van der Waals surface area contributed by atoms with Crippen LogP contribution in [-0.2, 0) is 11.3 Å². The van der Waals surface area contributed by atoms with Gasteiger partial charge in [0.05, 0.1) is 26.4 Å². The predicted octanol–water partition coefficient (Wildman–Crippen LogP) is 2.34. The monoisotopic (exact) mass is 263 g/mol. The molecule has 0 atom stereocenters. The lowest BCUT2D eigenvalue weighted by Gasteiger charge is -2.16. The van der Waals surface area contributed by atoms with Gasteiger partial charge in [0.2, 0.25) is 0 Å². The molecule has 0 saturated carbocycles. The Kier molecular flexibility index (Phi) is 5.24. The third-order valence-electron chi connectivity index (χ3n) is 3.03. The van der Waals surface area contributed by atoms with Crippen LogP contribution in [-0.4, -0.2) is 31.5 Å². The Morgan fingerprint density at radius 2 is 2.32 bits per heavy atom. The third kappa shape index (κ3) is 3.98. The second kappa shape index (κ2) is 7.16. The van der Waals surface area contributed by atoms with Crippen LogP contribution in [0.25, 0.3) is 0 Å². The maximum atomic E-state index is 9.35. The summed E-state index contributed by atoms with van der Waals surface area (Å²) in [6.07, 6.45) is 3.21. The number of hydrogen-bond acceptors (Lipinski definition) is 4. The topological polar surface area (TPSA) is 50.7 Å². The normalized spacial score (nSPS) is 14.9. The van der Waals surface area contributed by atoms with Gasteiger partial charge in [-0.05, 0) is 37.1 Å². The summed E-state index contributed by atoms with van der Waals surface area (Å²) in [5, 5.41) is 12.7. The fourth-order valence-corrected chi connectivity index (χ4v) is 2.06. The molecule has 1 aliphatic rings. The average Bonchev–Trinajstić information content (AvgIpc) is 2.47. The van der Waals surface area contributed by atoms with E-state index in [1.165, 1.54) is 5.57 Å². The zero-order chi connectivity index (χ0) is 13.5. The minimum absolute atomic E-state index is 0.0172. The van der Waals surface area contributed by atoms with Crippen LogP contribution in [0.15, 0.2) is 29.8 Å². The number of hydrogen-bond donors (Lipinski definition) is 2. The zero-order valence-electron chi connectivity index (χ0n) is 11.3. The summed E-state index contributed by atoms with van der Waals surface area (Å²) in [5.41, 5.74) is 3.06. The van der Waals surface area contributed by atoms with Gasteiger partial charge in [-0.1, -0.05) is 6.08 Å². The number of aliphatic hydroxyl groups is 1. The van der Waals surface area contributed by atoms with Crippen molar-refractivity contribution in [2.24, 2.45) is 0 Å². The van der Waals surface area contributed by atoms with Gasteiger partial charge in [0.25, 0.3) is 0 Å². The van der Waals surface area contributed by atoms with E-state index < -0.39 is 0 Å². The summed E-state index contributed by atoms with van der Waals surface area (Å²) in [4.78, 5) is 0. The third-order valence-corrected chi connectivity index (χ3v) is 3.03. The van der Waals surface area contributed by atoms with Crippen LogP contribution < -0.4 is 10.1 Å². The van der Waals surface area contributed by atoms with Crippen LogP contribution in [0.5, 0.6) is 5.75 Å². The molecule has 0 aromatic heterocycles. The molecule has 2 N–H and O–H groups in total. The second-order valence-corrected chi connectivity index (χ2v) is 4.47. The molecule has 1 heterocycles. The lowest BCUT2D eigenvalue weighted by molar-refractivity contribution is 0.150. The highest BCUT2D eigenvalue weighted by atomic mass is 16.5. The van der Waals surface area contributed by atoms with Crippen molar-refractivity contribution in [1.29, 1.82) is 0 Å². The van der Waals surface area contributed by atoms with Crippen LogP contribution in [0, 0.1) is 0 Å². The SMILES string of the molecule is CCOc1ccc(NCC2=CCCOC2)cc1CO. The fraction of sp³-hybridized carbons (Fsp3) is 0.467. The number of benzene rings is 1. The van der Waals surface area contributed by atoms with Crippen molar-refractivity contribution in [2.45, 2.75) is 20.0 Å². The highest BCUT2D eigenvalue weighted by molar-refractivity contribution is 5.51. The summed E-state index contributed by atoms with van der Waals surface area (Å²) in [6, 6.07) is 5.78. The number of ether oxygens (including phenoxy) is 2. The Labute approximate surface area is 114 Å². The Balaban J connectivity index is 1.98. The zero-order valence-corrected chi connectivity index (χ0v) is 11.3. The maximum absolute atomic E-state index is 9.35. The van der Waals surface area contributed by atoms with Gasteiger partial charge in [-0.2, -0.15) is 0 Å². The van der Waals surface area contributed by atoms with Gasteiger partial charge >= 0.3 is 0 Å². The van der Waals surface area contributed by atoms with E-state index in [0.717, 1.165) is 36.6 Å². The predicted molar refractivity (Wildman–Crippen MR) is 75.5 cm³/mol.